The van der Waals surface area contributed by atoms with E-state index in [-0.39, 0.29) is 13.0 Å². The van der Waals surface area contributed by atoms with Crippen molar-refractivity contribution in [2.45, 2.75) is 25.2 Å². The number of methoxy groups -OCH3 is 1. The minimum Gasteiger partial charge on any atom is -0.497 e. The van der Waals surface area contributed by atoms with Gasteiger partial charge in [0.05, 0.1) is 7.11 Å². The summed E-state index contributed by atoms with van der Waals surface area (Å²) >= 11 is 0. The lowest BCUT2D eigenvalue weighted by Gasteiger charge is -2.19. The molecule has 2 N–H and O–H groups in total. The Morgan fingerprint density at radius 1 is 1.33 bits per heavy atom. The zero-order chi connectivity index (χ0) is 15.3. The summed E-state index contributed by atoms with van der Waals surface area (Å²) < 4.78 is 14.3. The molecule has 21 heavy (non-hydrogen) atoms. The first-order valence-electron chi connectivity index (χ1n) is 6.53. The van der Waals surface area contributed by atoms with Gasteiger partial charge in [-0.25, -0.2) is 9.59 Å². The Morgan fingerprint density at radius 3 is 2.62 bits per heavy atom. The first kappa shape index (κ1) is 15.3. The molecule has 1 saturated heterocycles. The number of benzene rings is 1. The summed E-state index contributed by atoms with van der Waals surface area (Å²) in [5, 5.41) is 12.4. The summed E-state index contributed by atoms with van der Waals surface area (Å²) in [7, 11) is 1.55. The van der Waals surface area contributed by atoms with E-state index in [0.717, 1.165) is 5.56 Å². The lowest BCUT2D eigenvalue weighted by atomic mass is 10.2. The van der Waals surface area contributed by atoms with Crippen LogP contribution in [0, 0.1) is 0 Å². The van der Waals surface area contributed by atoms with Crippen LogP contribution in [0.5, 0.6) is 5.75 Å². The van der Waals surface area contributed by atoms with Crippen LogP contribution in [0.25, 0.3) is 0 Å². The average Bonchev–Trinajstić information content (AvgIpc) is 2.94. The number of hydrogen-bond acceptors (Lipinski definition) is 7. The maximum absolute atomic E-state index is 11.6. The molecule has 0 bridgehead atoms. The molecule has 1 heterocycles. The molecule has 7 nitrogen and oxygen atoms in total. The fraction of sp³-hybridized carbons (Fsp3) is 0.429. The first-order valence-corrected chi connectivity index (χ1v) is 6.53. The van der Waals surface area contributed by atoms with Crippen molar-refractivity contribution in [1.82, 2.24) is 5.32 Å². The van der Waals surface area contributed by atoms with Crippen molar-refractivity contribution < 1.29 is 28.9 Å². The summed E-state index contributed by atoms with van der Waals surface area (Å²) in [6.45, 7) is 0.453. The molecule has 1 atom stereocenters. The molecular weight excluding hydrogens is 278 g/mol. The van der Waals surface area contributed by atoms with E-state index in [1.54, 1.807) is 31.4 Å². The van der Waals surface area contributed by atoms with Gasteiger partial charge in [0.25, 0.3) is 0 Å². The van der Waals surface area contributed by atoms with E-state index in [9.17, 15) is 14.7 Å². The summed E-state index contributed by atoms with van der Waals surface area (Å²) in [6, 6.07) is 6.89. The number of carbonyl (C=O) groups is 2. The predicted octanol–water partition coefficient (Wildman–Crippen LogP) is 0.947. The summed E-state index contributed by atoms with van der Waals surface area (Å²) in [5.74, 6) is -0.356. The lowest BCUT2D eigenvalue weighted by Crippen LogP contribution is -2.49. The van der Waals surface area contributed by atoms with E-state index in [0.29, 0.717) is 18.7 Å². The van der Waals surface area contributed by atoms with Crippen molar-refractivity contribution in [2.75, 3.05) is 13.7 Å². The molecule has 1 aliphatic rings. The number of rotatable bonds is 4. The number of aliphatic hydroxyl groups is 1. The van der Waals surface area contributed by atoms with E-state index in [1.165, 1.54) is 0 Å². The van der Waals surface area contributed by atoms with Crippen molar-refractivity contribution >= 4 is 12.1 Å². The summed E-state index contributed by atoms with van der Waals surface area (Å²) in [4.78, 5) is 23.0. The molecule has 1 aromatic rings. The SMILES string of the molecule is COc1ccc(COC(=O)OC(=O)[C@]2(O)CCCN2)cc1. The smallest absolute Gasteiger partial charge is 0.497 e. The third kappa shape index (κ3) is 3.93. The normalized spacial score (nSPS) is 20.9. The van der Waals surface area contributed by atoms with Crippen molar-refractivity contribution in [1.29, 1.82) is 0 Å². The quantitative estimate of drug-likeness (QED) is 0.630. The third-order valence-electron chi connectivity index (χ3n) is 3.16. The van der Waals surface area contributed by atoms with E-state index in [4.69, 9.17) is 9.47 Å². The fourth-order valence-electron chi connectivity index (χ4n) is 1.96. The van der Waals surface area contributed by atoms with Crippen LogP contribution in [0.2, 0.25) is 0 Å². The van der Waals surface area contributed by atoms with Crippen LogP contribution in [-0.4, -0.2) is 36.6 Å². The number of esters is 1. The number of nitrogens with one attached hydrogen (secondary N) is 1. The lowest BCUT2D eigenvalue weighted by molar-refractivity contribution is -0.163. The van der Waals surface area contributed by atoms with Crippen LogP contribution < -0.4 is 10.1 Å². The Kier molecular flexibility index (Phi) is 4.77. The highest BCUT2D eigenvalue weighted by Crippen LogP contribution is 2.18. The summed E-state index contributed by atoms with van der Waals surface area (Å²) in [5.41, 5.74) is -1.07. The number of ether oxygens (including phenoxy) is 3. The maximum atomic E-state index is 11.6. The van der Waals surface area contributed by atoms with Crippen LogP contribution >= 0.6 is 0 Å². The van der Waals surface area contributed by atoms with E-state index in [2.05, 4.69) is 10.1 Å². The molecule has 2 rings (SSSR count). The van der Waals surface area contributed by atoms with Gasteiger partial charge < -0.3 is 19.3 Å². The van der Waals surface area contributed by atoms with Gasteiger partial charge in [0, 0.05) is 6.42 Å². The van der Waals surface area contributed by atoms with Crippen molar-refractivity contribution in [2.24, 2.45) is 0 Å². The maximum Gasteiger partial charge on any atom is 0.516 e. The van der Waals surface area contributed by atoms with Gasteiger partial charge in [0.1, 0.15) is 12.4 Å². The van der Waals surface area contributed by atoms with Crippen LogP contribution in [0.1, 0.15) is 18.4 Å². The second kappa shape index (κ2) is 6.55. The molecular formula is C14H17NO6. The number of hydrogen-bond donors (Lipinski definition) is 2. The largest absolute Gasteiger partial charge is 0.516 e. The van der Waals surface area contributed by atoms with E-state index in [1.807, 2.05) is 0 Å². The van der Waals surface area contributed by atoms with Gasteiger partial charge in [-0.3, -0.25) is 5.32 Å². The monoisotopic (exact) mass is 295 g/mol. The van der Waals surface area contributed by atoms with E-state index < -0.39 is 17.8 Å². The highest BCUT2D eigenvalue weighted by molar-refractivity contribution is 5.87. The molecule has 1 aromatic carbocycles. The molecule has 1 aliphatic heterocycles. The minimum atomic E-state index is -1.79. The standard InChI is InChI=1S/C14H17NO6/c1-19-11-5-3-10(4-6-11)9-20-13(17)21-12(16)14(18)7-2-8-15-14/h3-6,15,18H,2,7-9H2,1H3/t14-/m1/s1. The predicted molar refractivity (Wildman–Crippen MR) is 71.5 cm³/mol. The fourth-order valence-corrected chi connectivity index (χ4v) is 1.96. The van der Waals surface area contributed by atoms with Gasteiger partial charge in [0.2, 0.25) is 5.72 Å². The van der Waals surface area contributed by atoms with Gasteiger partial charge in [-0.1, -0.05) is 12.1 Å². The molecule has 0 saturated carbocycles. The van der Waals surface area contributed by atoms with Crippen LogP contribution in [-0.2, 0) is 20.9 Å². The molecule has 1 fully saturated rings. The molecule has 0 radical (unpaired) electrons. The Morgan fingerprint density at radius 2 is 2.05 bits per heavy atom. The van der Waals surface area contributed by atoms with Gasteiger partial charge in [0.15, 0.2) is 0 Å². The van der Waals surface area contributed by atoms with E-state index >= 15 is 0 Å². The molecule has 114 valence electrons. The van der Waals surface area contributed by atoms with Crippen LogP contribution in [0.15, 0.2) is 24.3 Å². The van der Waals surface area contributed by atoms with Crippen molar-refractivity contribution in [3.8, 4) is 5.75 Å². The number of carbonyl (C=O) groups excluding carboxylic acids is 2. The highest BCUT2D eigenvalue weighted by atomic mass is 16.7. The molecule has 0 unspecified atom stereocenters. The topological polar surface area (TPSA) is 94.1 Å². The Balaban J connectivity index is 1.80. The molecule has 7 heteroatoms. The molecule has 0 aromatic heterocycles. The van der Waals surface area contributed by atoms with Crippen LogP contribution in [0.4, 0.5) is 4.79 Å². The summed E-state index contributed by atoms with van der Waals surface area (Å²) in [6.07, 6.45) is -0.303. The molecule has 0 spiro atoms. The Hall–Kier alpha value is -2.12. The Bertz CT molecular complexity index is 507. The average molecular weight is 295 g/mol. The highest BCUT2D eigenvalue weighted by Gasteiger charge is 2.41. The van der Waals surface area contributed by atoms with Crippen molar-refractivity contribution in [3.05, 3.63) is 29.8 Å². The Labute approximate surface area is 121 Å². The van der Waals surface area contributed by atoms with Gasteiger partial charge in [-0.15, -0.1) is 0 Å². The van der Waals surface area contributed by atoms with Crippen LogP contribution in [0.3, 0.4) is 0 Å². The first-order chi connectivity index (χ1) is 10.0. The second-order valence-electron chi connectivity index (χ2n) is 4.67. The second-order valence-corrected chi connectivity index (χ2v) is 4.67. The van der Waals surface area contributed by atoms with Gasteiger partial charge in [-0.2, -0.15) is 0 Å². The minimum absolute atomic E-state index is 0.0397. The van der Waals surface area contributed by atoms with Gasteiger partial charge >= 0.3 is 12.1 Å². The van der Waals surface area contributed by atoms with Gasteiger partial charge in [-0.05, 0) is 30.7 Å². The van der Waals surface area contributed by atoms with Crippen molar-refractivity contribution in [3.63, 3.8) is 0 Å². The molecule has 0 aliphatic carbocycles. The zero-order valence-electron chi connectivity index (χ0n) is 11.6. The molecule has 0 amide bonds. The third-order valence-corrected chi connectivity index (χ3v) is 3.16. The zero-order valence-corrected chi connectivity index (χ0v) is 11.6.